The Bertz CT molecular complexity index is 760. The monoisotopic (exact) mass is 360 g/mol. The number of hydrogen-bond acceptors (Lipinski definition) is 3. The first kappa shape index (κ1) is 18.4. The average Bonchev–Trinajstić information content (AvgIpc) is 2.51. The van der Waals surface area contributed by atoms with Crippen LogP contribution in [0.25, 0.3) is 5.69 Å². The van der Waals surface area contributed by atoms with Crippen molar-refractivity contribution < 1.29 is 18.3 Å². The van der Waals surface area contributed by atoms with Gasteiger partial charge in [0, 0.05) is 31.1 Å². The fourth-order valence-electron chi connectivity index (χ4n) is 2.12. The van der Waals surface area contributed by atoms with Crippen LogP contribution in [-0.4, -0.2) is 22.8 Å². The lowest BCUT2D eigenvalue weighted by Crippen LogP contribution is -2.20. The van der Waals surface area contributed by atoms with Gasteiger partial charge >= 0.3 is 6.18 Å². The molecular weight excluding hydrogens is 345 g/mol. The number of anilines is 1. The maximum Gasteiger partial charge on any atom is 0.417 e. The SMILES string of the molecule is O=c1ccc(C(F)(F)F)cn1-c1ccc(NCCCCO)cc1Cl. The summed E-state index contributed by atoms with van der Waals surface area (Å²) < 4.78 is 39.3. The lowest BCUT2D eigenvalue weighted by atomic mass is 10.2. The lowest BCUT2D eigenvalue weighted by Gasteiger charge is -2.13. The van der Waals surface area contributed by atoms with E-state index in [2.05, 4.69) is 5.32 Å². The summed E-state index contributed by atoms with van der Waals surface area (Å²) in [4.78, 5) is 11.9. The lowest BCUT2D eigenvalue weighted by molar-refractivity contribution is -0.138. The topological polar surface area (TPSA) is 54.3 Å². The van der Waals surface area contributed by atoms with Gasteiger partial charge in [-0.3, -0.25) is 9.36 Å². The van der Waals surface area contributed by atoms with Gasteiger partial charge in [0.15, 0.2) is 0 Å². The molecule has 0 saturated heterocycles. The highest BCUT2D eigenvalue weighted by Crippen LogP contribution is 2.30. The molecule has 1 aromatic heterocycles. The molecule has 2 N–H and O–H groups in total. The number of hydrogen-bond donors (Lipinski definition) is 2. The maximum absolute atomic E-state index is 12.8. The molecule has 0 fully saturated rings. The number of aliphatic hydroxyl groups is 1. The highest BCUT2D eigenvalue weighted by molar-refractivity contribution is 6.32. The third-order valence-electron chi connectivity index (χ3n) is 3.36. The summed E-state index contributed by atoms with van der Waals surface area (Å²) in [5.74, 6) is 0. The van der Waals surface area contributed by atoms with E-state index in [0.29, 0.717) is 18.7 Å². The summed E-state index contributed by atoms with van der Waals surface area (Å²) in [7, 11) is 0. The minimum atomic E-state index is -4.55. The molecule has 0 atom stereocenters. The number of pyridine rings is 1. The first-order valence-corrected chi connectivity index (χ1v) is 7.65. The van der Waals surface area contributed by atoms with Gasteiger partial charge in [0.05, 0.1) is 16.3 Å². The number of unbranched alkanes of at least 4 members (excludes halogenated alkanes) is 1. The summed E-state index contributed by atoms with van der Waals surface area (Å²) in [6, 6.07) is 6.26. The van der Waals surface area contributed by atoms with Crippen molar-refractivity contribution in [3.8, 4) is 5.69 Å². The molecule has 0 radical (unpaired) electrons. The van der Waals surface area contributed by atoms with Crippen LogP contribution in [0.15, 0.2) is 41.3 Å². The van der Waals surface area contributed by atoms with Crippen LogP contribution in [0.4, 0.5) is 18.9 Å². The molecule has 130 valence electrons. The Kier molecular flexibility index (Phi) is 5.90. The third kappa shape index (κ3) is 4.52. The van der Waals surface area contributed by atoms with Crippen molar-refractivity contribution in [2.45, 2.75) is 19.0 Å². The number of halogens is 4. The van der Waals surface area contributed by atoms with Gasteiger partial charge in [-0.25, -0.2) is 0 Å². The highest BCUT2D eigenvalue weighted by atomic mass is 35.5. The Hall–Kier alpha value is -1.99. The van der Waals surface area contributed by atoms with Crippen LogP contribution in [0.1, 0.15) is 18.4 Å². The minimum Gasteiger partial charge on any atom is -0.396 e. The molecule has 1 aromatic carbocycles. The summed E-state index contributed by atoms with van der Waals surface area (Å²) >= 11 is 6.12. The molecule has 4 nitrogen and oxygen atoms in total. The predicted molar refractivity (Wildman–Crippen MR) is 86.9 cm³/mol. The molecule has 0 saturated carbocycles. The van der Waals surface area contributed by atoms with Crippen molar-refractivity contribution in [2.75, 3.05) is 18.5 Å². The number of aliphatic hydroxyl groups excluding tert-OH is 1. The van der Waals surface area contributed by atoms with Gasteiger partial charge in [-0.1, -0.05) is 11.6 Å². The number of benzene rings is 1. The van der Waals surface area contributed by atoms with E-state index in [1.165, 1.54) is 6.07 Å². The molecule has 2 aromatic rings. The summed E-state index contributed by atoms with van der Waals surface area (Å²) in [6.07, 6.45) is -2.38. The molecule has 0 aliphatic rings. The maximum atomic E-state index is 12.8. The number of aromatic nitrogens is 1. The fraction of sp³-hybridized carbons (Fsp3) is 0.312. The van der Waals surface area contributed by atoms with Gasteiger partial charge < -0.3 is 10.4 Å². The van der Waals surface area contributed by atoms with Crippen molar-refractivity contribution >= 4 is 17.3 Å². The Morgan fingerprint density at radius 2 is 1.92 bits per heavy atom. The van der Waals surface area contributed by atoms with Crippen molar-refractivity contribution in [1.82, 2.24) is 4.57 Å². The smallest absolute Gasteiger partial charge is 0.396 e. The second-order valence-electron chi connectivity index (χ2n) is 5.15. The summed E-state index contributed by atoms with van der Waals surface area (Å²) in [6.45, 7) is 0.736. The van der Waals surface area contributed by atoms with Crippen molar-refractivity contribution in [1.29, 1.82) is 0 Å². The second kappa shape index (κ2) is 7.72. The van der Waals surface area contributed by atoms with E-state index >= 15 is 0 Å². The number of nitrogens with one attached hydrogen (secondary N) is 1. The van der Waals surface area contributed by atoms with E-state index in [-0.39, 0.29) is 17.3 Å². The van der Waals surface area contributed by atoms with Crippen LogP contribution in [0, 0.1) is 0 Å². The van der Waals surface area contributed by atoms with Crippen LogP contribution >= 0.6 is 11.6 Å². The van der Waals surface area contributed by atoms with Gasteiger partial charge in [-0.15, -0.1) is 0 Å². The van der Waals surface area contributed by atoms with Gasteiger partial charge in [0.2, 0.25) is 0 Å². The molecule has 0 amide bonds. The quantitative estimate of drug-likeness (QED) is 0.772. The molecule has 24 heavy (non-hydrogen) atoms. The summed E-state index contributed by atoms with van der Waals surface area (Å²) in [5.41, 5.74) is -0.673. The van der Waals surface area contributed by atoms with E-state index in [4.69, 9.17) is 16.7 Å². The molecule has 0 bridgehead atoms. The zero-order valence-electron chi connectivity index (χ0n) is 12.6. The van der Waals surface area contributed by atoms with E-state index in [9.17, 15) is 18.0 Å². The Morgan fingerprint density at radius 3 is 2.54 bits per heavy atom. The first-order valence-electron chi connectivity index (χ1n) is 7.27. The predicted octanol–water partition coefficient (Wildman–Crippen LogP) is 3.69. The number of rotatable bonds is 6. The van der Waals surface area contributed by atoms with Crippen molar-refractivity contribution in [3.05, 3.63) is 57.5 Å². The third-order valence-corrected chi connectivity index (χ3v) is 3.66. The van der Waals surface area contributed by atoms with Gasteiger partial charge in [-0.05, 0) is 37.1 Å². The number of alkyl halides is 3. The van der Waals surface area contributed by atoms with E-state index < -0.39 is 17.3 Å². The summed E-state index contributed by atoms with van der Waals surface area (Å²) in [5, 5.41) is 12.0. The van der Waals surface area contributed by atoms with E-state index in [1.54, 1.807) is 12.1 Å². The standard InChI is InChI=1S/C16H16ClF3N2O2/c17-13-9-12(21-7-1-2-8-23)4-5-14(13)22-10-11(16(18,19)20)3-6-15(22)24/h3-6,9-10,21,23H,1-2,7-8H2. The van der Waals surface area contributed by atoms with Crippen LogP contribution < -0.4 is 10.9 Å². The van der Waals surface area contributed by atoms with Crippen LogP contribution in [-0.2, 0) is 6.18 Å². The normalized spacial score (nSPS) is 11.5. The Labute approximate surface area is 141 Å². The molecule has 0 aliphatic carbocycles. The molecule has 0 unspecified atom stereocenters. The minimum absolute atomic E-state index is 0.111. The zero-order valence-corrected chi connectivity index (χ0v) is 13.4. The molecule has 1 heterocycles. The van der Waals surface area contributed by atoms with Gasteiger partial charge in [0.1, 0.15) is 0 Å². The van der Waals surface area contributed by atoms with Crippen LogP contribution in [0.3, 0.4) is 0 Å². The molecular formula is C16H16ClF3N2O2. The van der Waals surface area contributed by atoms with Crippen LogP contribution in [0.5, 0.6) is 0 Å². The van der Waals surface area contributed by atoms with Gasteiger partial charge in [-0.2, -0.15) is 13.2 Å². The molecule has 0 spiro atoms. The Balaban J connectivity index is 2.28. The molecule has 0 aliphatic heterocycles. The second-order valence-corrected chi connectivity index (χ2v) is 5.55. The largest absolute Gasteiger partial charge is 0.417 e. The highest BCUT2D eigenvalue weighted by Gasteiger charge is 2.31. The van der Waals surface area contributed by atoms with Crippen molar-refractivity contribution in [2.24, 2.45) is 0 Å². The van der Waals surface area contributed by atoms with Crippen molar-refractivity contribution in [3.63, 3.8) is 0 Å². The van der Waals surface area contributed by atoms with E-state index in [0.717, 1.165) is 29.3 Å². The van der Waals surface area contributed by atoms with Crippen LogP contribution in [0.2, 0.25) is 5.02 Å². The molecule has 2 rings (SSSR count). The average molecular weight is 361 g/mol. The van der Waals surface area contributed by atoms with Gasteiger partial charge in [0.25, 0.3) is 5.56 Å². The molecule has 8 heteroatoms. The first-order chi connectivity index (χ1) is 11.3. The van der Waals surface area contributed by atoms with E-state index in [1.807, 2.05) is 0 Å². The Morgan fingerprint density at radius 1 is 1.17 bits per heavy atom. The fourth-order valence-corrected chi connectivity index (χ4v) is 2.40. The zero-order chi connectivity index (χ0) is 17.7. The number of nitrogens with zero attached hydrogens (tertiary/aromatic N) is 1.